The molecule has 0 radical (unpaired) electrons. The van der Waals surface area contributed by atoms with E-state index in [2.05, 4.69) is 0 Å². The Morgan fingerprint density at radius 3 is 2.14 bits per heavy atom. The van der Waals surface area contributed by atoms with Crippen molar-refractivity contribution in [3.8, 4) is 22.4 Å². The van der Waals surface area contributed by atoms with E-state index in [9.17, 15) is 9.59 Å². The van der Waals surface area contributed by atoms with Gasteiger partial charge in [0.25, 0.3) is 5.56 Å². The molecule has 1 aromatic heterocycles. The molecule has 0 fully saturated rings. The van der Waals surface area contributed by atoms with Crippen LogP contribution >= 0.6 is 0 Å². The van der Waals surface area contributed by atoms with Crippen molar-refractivity contribution in [3.63, 3.8) is 0 Å². The van der Waals surface area contributed by atoms with E-state index in [0.717, 1.165) is 27.5 Å². The van der Waals surface area contributed by atoms with E-state index in [1.807, 2.05) is 103 Å². The SMILES string of the molecule is CCOC(=O)c1c(-c2ccccc2)c(-c2ccccc2)nn(Cc2cccc3ccccc23)c1=O. The predicted molar refractivity (Wildman–Crippen MR) is 138 cm³/mol. The number of carbonyl (C=O) groups excluding carboxylic acids is 1. The molecule has 0 amide bonds. The Morgan fingerprint density at radius 1 is 0.800 bits per heavy atom. The number of rotatable bonds is 6. The summed E-state index contributed by atoms with van der Waals surface area (Å²) in [6.07, 6.45) is 0. The molecule has 0 atom stereocenters. The van der Waals surface area contributed by atoms with Crippen LogP contribution in [-0.4, -0.2) is 22.4 Å². The molecule has 5 aromatic rings. The smallest absolute Gasteiger partial charge is 0.344 e. The zero-order valence-electron chi connectivity index (χ0n) is 19.3. The zero-order valence-corrected chi connectivity index (χ0v) is 19.3. The third-order valence-electron chi connectivity index (χ3n) is 5.95. The van der Waals surface area contributed by atoms with E-state index in [0.29, 0.717) is 11.3 Å². The minimum absolute atomic E-state index is 0.00728. The summed E-state index contributed by atoms with van der Waals surface area (Å²) in [5.41, 5.74) is 3.04. The Kier molecular flexibility index (Phi) is 6.22. The Bertz CT molecular complexity index is 1550. The van der Waals surface area contributed by atoms with Crippen LogP contribution in [0.4, 0.5) is 0 Å². The number of nitrogens with zero attached hydrogens (tertiary/aromatic N) is 2. The normalized spacial score (nSPS) is 10.9. The van der Waals surface area contributed by atoms with Gasteiger partial charge in [0, 0.05) is 11.1 Å². The van der Waals surface area contributed by atoms with Gasteiger partial charge >= 0.3 is 5.97 Å². The first-order chi connectivity index (χ1) is 17.2. The highest BCUT2D eigenvalue weighted by atomic mass is 16.5. The summed E-state index contributed by atoms with van der Waals surface area (Å²) >= 11 is 0. The van der Waals surface area contributed by atoms with Crippen molar-refractivity contribution in [2.24, 2.45) is 0 Å². The quantitative estimate of drug-likeness (QED) is 0.294. The van der Waals surface area contributed by atoms with E-state index < -0.39 is 11.5 Å². The summed E-state index contributed by atoms with van der Waals surface area (Å²) in [6, 6.07) is 33.0. The lowest BCUT2D eigenvalue weighted by molar-refractivity contribution is 0.0524. The first-order valence-electron chi connectivity index (χ1n) is 11.6. The van der Waals surface area contributed by atoms with E-state index in [1.54, 1.807) is 6.92 Å². The third-order valence-corrected chi connectivity index (χ3v) is 5.95. The average Bonchev–Trinajstić information content (AvgIpc) is 2.90. The van der Waals surface area contributed by atoms with Gasteiger partial charge in [-0.25, -0.2) is 9.48 Å². The fourth-order valence-corrected chi connectivity index (χ4v) is 4.35. The second kappa shape index (κ2) is 9.77. The molecular formula is C30H24N2O3. The van der Waals surface area contributed by atoms with Crippen molar-refractivity contribution in [2.75, 3.05) is 6.61 Å². The van der Waals surface area contributed by atoms with Crippen LogP contribution < -0.4 is 5.56 Å². The molecule has 0 bridgehead atoms. The second-order valence-electron chi connectivity index (χ2n) is 8.15. The Labute approximate surface area is 203 Å². The molecule has 1 heterocycles. The maximum absolute atomic E-state index is 13.8. The molecule has 0 spiro atoms. The molecule has 4 aromatic carbocycles. The average molecular weight is 461 g/mol. The van der Waals surface area contributed by atoms with E-state index in [1.165, 1.54) is 4.68 Å². The van der Waals surface area contributed by atoms with Gasteiger partial charge in [0.2, 0.25) is 0 Å². The van der Waals surface area contributed by atoms with Gasteiger partial charge in [0.15, 0.2) is 0 Å². The number of hydrogen-bond donors (Lipinski definition) is 0. The maximum Gasteiger partial charge on any atom is 0.344 e. The molecule has 0 aliphatic carbocycles. The standard InChI is InChI=1S/C30H24N2O3/c1-2-35-30(34)27-26(22-13-5-3-6-14-22)28(23-15-7-4-8-16-23)31-32(29(27)33)20-24-18-11-17-21-12-9-10-19-25(21)24/h3-19H,2,20H2,1H3. The van der Waals surface area contributed by atoms with Crippen LogP contribution in [0.15, 0.2) is 108 Å². The van der Waals surface area contributed by atoms with Gasteiger partial charge in [0.05, 0.1) is 18.8 Å². The molecule has 0 aliphatic heterocycles. The number of benzene rings is 4. The van der Waals surface area contributed by atoms with Crippen LogP contribution in [0.5, 0.6) is 0 Å². The number of aromatic nitrogens is 2. The largest absolute Gasteiger partial charge is 0.462 e. The topological polar surface area (TPSA) is 61.2 Å². The van der Waals surface area contributed by atoms with Crippen LogP contribution in [0.1, 0.15) is 22.8 Å². The Hall–Kier alpha value is -4.51. The first kappa shape index (κ1) is 22.3. The highest BCUT2D eigenvalue weighted by molar-refractivity contribution is 6.00. The molecule has 5 heteroatoms. The van der Waals surface area contributed by atoms with E-state index in [4.69, 9.17) is 9.84 Å². The molecule has 0 N–H and O–H groups in total. The van der Waals surface area contributed by atoms with Crippen molar-refractivity contribution in [1.82, 2.24) is 9.78 Å². The van der Waals surface area contributed by atoms with Crippen LogP contribution in [0.3, 0.4) is 0 Å². The lowest BCUT2D eigenvalue weighted by atomic mass is 9.95. The summed E-state index contributed by atoms with van der Waals surface area (Å²) in [6.45, 7) is 2.12. The van der Waals surface area contributed by atoms with Crippen molar-refractivity contribution >= 4 is 16.7 Å². The monoisotopic (exact) mass is 460 g/mol. The van der Waals surface area contributed by atoms with Gasteiger partial charge < -0.3 is 4.74 Å². The first-order valence-corrected chi connectivity index (χ1v) is 11.6. The number of fused-ring (bicyclic) bond motifs is 1. The van der Waals surface area contributed by atoms with Crippen LogP contribution in [0.25, 0.3) is 33.2 Å². The predicted octanol–water partition coefficient (Wildman–Crippen LogP) is 5.96. The summed E-state index contributed by atoms with van der Waals surface area (Å²) in [7, 11) is 0. The van der Waals surface area contributed by atoms with Crippen LogP contribution in [-0.2, 0) is 11.3 Å². The van der Waals surface area contributed by atoms with Gasteiger partial charge in [-0.05, 0) is 28.8 Å². The van der Waals surface area contributed by atoms with Crippen molar-refractivity contribution in [3.05, 3.63) is 125 Å². The highest BCUT2D eigenvalue weighted by Gasteiger charge is 2.26. The van der Waals surface area contributed by atoms with Gasteiger partial charge in [-0.1, -0.05) is 103 Å². The zero-order chi connectivity index (χ0) is 24.2. The summed E-state index contributed by atoms with van der Waals surface area (Å²) in [4.78, 5) is 27.0. The van der Waals surface area contributed by atoms with E-state index in [-0.39, 0.29) is 18.7 Å². The maximum atomic E-state index is 13.8. The number of esters is 1. The van der Waals surface area contributed by atoms with Crippen molar-refractivity contribution in [1.29, 1.82) is 0 Å². The number of ether oxygens (including phenoxy) is 1. The van der Waals surface area contributed by atoms with Crippen LogP contribution in [0, 0.1) is 0 Å². The van der Waals surface area contributed by atoms with Crippen molar-refractivity contribution < 1.29 is 9.53 Å². The summed E-state index contributed by atoms with van der Waals surface area (Å²) < 4.78 is 6.73. The van der Waals surface area contributed by atoms with Gasteiger partial charge in [-0.15, -0.1) is 0 Å². The fraction of sp³-hybridized carbons (Fsp3) is 0.100. The number of hydrogen-bond acceptors (Lipinski definition) is 4. The van der Waals surface area contributed by atoms with E-state index >= 15 is 0 Å². The molecule has 0 saturated heterocycles. The Balaban J connectivity index is 1.80. The van der Waals surface area contributed by atoms with Crippen molar-refractivity contribution in [2.45, 2.75) is 13.5 Å². The highest BCUT2D eigenvalue weighted by Crippen LogP contribution is 2.32. The molecule has 5 nitrogen and oxygen atoms in total. The van der Waals surface area contributed by atoms with Gasteiger partial charge in [0.1, 0.15) is 5.56 Å². The van der Waals surface area contributed by atoms with Crippen LogP contribution in [0.2, 0.25) is 0 Å². The lowest BCUT2D eigenvalue weighted by Gasteiger charge is -2.17. The minimum atomic E-state index is -0.650. The van der Waals surface area contributed by atoms with Gasteiger partial charge in [-0.2, -0.15) is 5.10 Å². The fourth-order valence-electron chi connectivity index (χ4n) is 4.35. The molecular weight excluding hydrogens is 436 g/mol. The van der Waals surface area contributed by atoms with Gasteiger partial charge in [-0.3, -0.25) is 4.79 Å². The molecule has 0 unspecified atom stereocenters. The molecule has 0 aliphatic rings. The molecule has 35 heavy (non-hydrogen) atoms. The summed E-state index contributed by atoms with van der Waals surface area (Å²) in [5.74, 6) is -0.650. The lowest BCUT2D eigenvalue weighted by Crippen LogP contribution is -2.31. The number of carbonyl (C=O) groups is 1. The third kappa shape index (κ3) is 4.36. The Morgan fingerprint density at radius 2 is 1.43 bits per heavy atom. The molecule has 0 saturated carbocycles. The second-order valence-corrected chi connectivity index (χ2v) is 8.15. The molecule has 5 rings (SSSR count). The summed E-state index contributed by atoms with van der Waals surface area (Å²) in [5, 5.41) is 6.93. The minimum Gasteiger partial charge on any atom is -0.462 e. The molecule has 172 valence electrons.